The molecule has 0 unspecified atom stereocenters. The summed E-state index contributed by atoms with van der Waals surface area (Å²) in [7, 11) is 0. The number of carbonyl (C=O) groups is 3. The zero-order valence-electron chi connectivity index (χ0n) is 13.6. The second kappa shape index (κ2) is 7.07. The first-order valence-electron chi connectivity index (χ1n) is 7.89. The molecule has 1 saturated heterocycles. The van der Waals surface area contributed by atoms with Crippen LogP contribution in [-0.2, 0) is 4.79 Å². The molecular formula is C19H16ClNO4. The van der Waals surface area contributed by atoms with Gasteiger partial charge in [-0.1, -0.05) is 11.6 Å². The number of amides is 1. The number of Topliss-reactive ketones (excluding diaryl/α,β-unsaturated/α-hetero) is 1. The van der Waals surface area contributed by atoms with Crippen LogP contribution in [0.1, 0.15) is 40.5 Å². The van der Waals surface area contributed by atoms with E-state index in [1.165, 1.54) is 6.92 Å². The zero-order chi connectivity index (χ0) is 18.0. The smallest absolute Gasteiger partial charge is 0.345 e. The number of anilines is 1. The van der Waals surface area contributed by atoms with E-state index in [4.69, 9.17) is 16.3 Å². The van der Waals surface area contributed by atoms with Gasteiger partial charge in [-0.15, -0.1) is 0 Å². The van der Waals surface area contributed by atoms with Gasteiger partial charge in [-0.05, 0) is 55.8 Å². The van der Waals surface area contributed by atoms with Gasteiger partial charge in [-0.2, -0.15) is 0 Å². The summed E-state index contributed by atoms with van der Waals surface area (Å²) in [6, 6.07) is 11.0. The van der Waals surface area contributed by atoms with Gasteiger partial charge in [0.2, 0.25) is 5.91 Å². The molecule has 25 heavy (non-hydrogen) atoms. The summed E-state index contributed by atoms with van der Waals surface area (Å²) in [5.41, 5.74) is 1.27. The van der Waals surface area contributed by atoms with Crippen molar-refractivity contribution in [1.82, 2.24) is 0 Å². The normalized spacial score (nSPS) is 13.8. The Balaban J connectivity index is 1.86. The number of benzene rings is 2. The van der Waals surface area contributed by atoms with Crippen molar-refractivity contribution in [2.24, 2.45) is 0 Å². The molecule has 0 radical (unpaired) electrons. The van der Waals surface area contributed by atoms with Gasteiger partial charge in [-0.25, -0.2) is 4.79 Å². The summed E-state index contributed by atoms with van der Waals surface area (Å²) >= 11 is 6.03. The largest absolute Gasteiger partial charge is 0.423 e. The summed E-state index contributed by atoms with van der Waals surface area (Å²) in [5.74, 6) is -0.363. The van der Waals surface area contributed by atoms with Crippen molar-refractivity contribution in [3.05, 3.63) is 58.6 Å². The van der Waals surface area contributed by atoms with Gasteiger partial charge in [-0.3, -0.25) is 9.59 Å². The van der Waals surface area contributed by atoms with Crippen LogP contribution in [0.3, 0.4) is 0 Å². The van der Waals surface area contributed by atoms with Crippen LogP contribution in [0.25, 0.3) is 0 Å². The molecule has 0 aromatic heterocycles. The quantitative estimate of drug-likeness (QED) is 0.473. The van der Waals surface area contributed by atoms with Crippen LogP contribution >= 0.6 is 11.6 Å². The van der Waals surface area contributed by atoms with Crippen molar-refractivity contribution in [1.29, 1.82) is 0 Å². The third-order valence-electron chi connectivity index (χ3n) is 4.02. The van der Waals surface area contributed by atoms with E-state index in [1.807, 2.05) is 0 Å². The van der Waals surface area contributed by atoms with E-state index in [2.05, 4.69) is 0 Å². The Hall–Kier alpha value is -2.66. The summed E-state index contributed by atoms with van der Waals surface area (Å²) in [6.07, 6.45) is 1.19. The van der Waals surface area contributed by atoms with Gasteiger partial charge >= 0.3 is 5.97 Å². The number of ether oxygens (including phenoxy) is 1. The third kappa shape index (κ3) is 3.72. The van der Waals surface area contributed by atoms with Crippen LogP contribution in [0.15, 0.2) is 42.5 Å². The molecule has 1 fully saturated rings. The van der Waals surface area contributed by atoms with Crippen LogP contribution in [-0.4, -0.2) is 24.2 Å². The molecule has 1 aliphatic heterocycles. The van der Waals surface area contributed by atoms with Gasteiger partial charge in [0.15, 0.2) is 5.78 Å². The number of hydrogen-bond acceptors (Lipinski definition) is 4. The molecular weight excluding hydrogens is 342 g/mol. The molecule has 5 nitrogen and oxygen atoms in total. The highest BCUT2D eigenvalue weighted by Crippen LogP contribution is 2.29. The first kappa shape index (κ1) is 17.2. The first-order valence-corrected chi connectivity index (χ1v) is 8.26. The lowest BCUT2D eigenvalue weighted by Gasteiger charge is -2.19. The molecule has 0 spiro atoms. The van der Waals surface area contributed by atoms with Crippen molar-refractivity contribution in [3.63, 3.8) is 0 Å². The van der Waals surface area contributed by atoms with E-state index in [0.717, 1.165) is 6.42 Å². The minimum atomic E-state index is -0.582. The second-order valence-electron chi connectivity index (χ2n) is 5.78. The van der Waals surface area contributed by atoms with Crippen LogP contribution < -0.4 is 9.64 Å². The highest BCUT2D eigenvalue weighted by atomic mass is 35.5. The summed E-state index contributed by atoms with van der Waals surface area (Å²) in [5, 5.41) is 0.442. The van der Waals surface area contributed by atoms with E-state index < -0.39 is 5.97 Å². The van der Waals surface area contributed by atoms with E-state index >= 15 is 0 Å². The molecule has 0 saturated carbocycles. The van der Waals surface area contributed by atoms with E-state index in [0.29, 0.717) is 35.0 Å². The molecule has 0 atom stereocenters. The Bertz CT molecular complexity index is 845. The number of hydrogen-bond donors (Lipinski definition) is 0. The summed E-state index contributed by atoms with van der Waals surface area (Å²) in [4.78, 5) is 37.4. The highest BCUT2D eigenvalue weighted by Gasteiger charge is 2.27. The number of esters is 1. The van der Waals surface area contributed by atoms with Crippen LogP contribution in [0.2, 0.25) is 5.02 Å². The molecule has 0 bridgehead atoms. The SMILES string of the molecule is CC(=O)c1ccc(OC(=O)c2ccc(Cl)cc2N2CCCC2=O)cc1. The summed E-state index contributed by atoms with van der Waals surface area (Å²) < 4.78 is 5.38. The Kier molecular flexibility index (Phi) is 4.86. The number of ketones is 1. The maximum atomic E-state index is 12.6. The fourth-order valence-corrected chi connectivity index (χ4v) is 2.89. The number of carbonyl (C=O) groups excluding carboxylic acids is 3. The summed E-state index contributed by atoms with van der Waals surface area (Å²) in [6.45, 7) is 2.01. The lowest BCUT2D eigenvalue weighted by molar-refractivity contribution is -0.117. The van der Waals surface area contributed by atoms with E-state index in [-0.39, 0.29) is 17.3 Å². The Morgan fingerprint density at radius 1 is 1.12 bits per heavy atom. The Morgan fingerprint density at radius 2 is 1.84 bits per heavy atom. The molecule has 6 heteroatoms. The van der Waals surface area contributed by atoms with E-state index in [9.17, 15) is 14.4 Å². The fourth-order valence-electron chi connectivity index (χ4n) is 2.72. The number of rotatable bonds is 4. The van der Waals surface area contributed by atoms with Gasteiger partial charge in [0.25, 0.3) is 0 Å². The van der Waals surface area contributed by atoms with Crippen molar-refractivity contribution in [3.8, 4) is 5.75 Å². The number of halogens is 1. The lowest BCUT2D eigenvalue weighted by Crippen LogP contribution is -2.26. The maximum Gasteiger partial charge on any atom is 0.345 e. The van der Waals surface area contributed by atoms with Gasteiger partial charge in [0.1, 0.15) is 5.75 Å². The maximum absolute atomic E-state index is 12.6. The first-order chi connectivity index (χ1) is 12.0. The van der Waals surface area contributed by atoms with Crippen molar-refractivity contribution >= 4 is 34.9 Å². The van der Waals surface area contributed by atoms with Crippen LogP contribution in [0.4, 0.5) is 5.69 Å². The average molecular weight is 358 g/mol. The average Bonchev–Trinajstić information content (AvgIpc) is 3.01. The van der Waals surface area contributed by atoms with Crippen LogP contribution in [0.5, 0.6) is 5.75 Å². The van der Waals surface area contributed by atoms with Crippen molar-refractivity contribution < 1.29 is 19.1 Å². The number of nitrogens with zero attached hydrogens (tertiary/aromatic N) is 1. The molecule has 2 aromatic carbocycles. The van der Waals surface area contributed by atoms with Crippen molar-refractivity contribution in [2.75, 3.05) is 11.4 Å². The molecule has 1 heterocycles. The van der Waals surface area contributed by atoms with E-state index in [1.54, 1.807) is 47.4 Å². The third-order valence-corrected chi connectivity index (χ3v) is 4.25. The van der Waals surface area contributed by atoms with Crippen molar-refractivity contribution in [2.45, 2.75) is 19.8 Å². The zero-order valence-corrected chi connectivity index (χ0v) is 14.4. The molecule has 3 rings (SSSR count). The fraction of sp³-hybridized carbons (Fsp3) is 0.211. The van der Waals surface area contributed by atoms with Gasteiger partial charge in [0, 0.05) is 23.6 Å². The standard InChI is InChI=1S/C19H16ClNO4/c1-12(22)13-4-7-15(8-5-13)25-19(24)16-9-6-14(20)11-17(16)21-10-2-3-18(21)23/h4-9,11H,2-3,10H2,1H3. The monoisotopic (exact) mass is 357 g/mol. The molecule has 0 N–H and O–H groups in total. The topological polar surface area (TPSA) is 63.7 Å². The van der Waals surface area contributed by atoms with Gasteiger partial charge < -0.3 is 9.64 Å². The predicted octanol–water partition coefficient (Wildman–Crippen LogP) is 3.89. The van der Waals surface area contributed by atoms with Gasteiger partial charge in [0.05, 0.1) is 11.3 Å². The van der Waals surface area contributed by atoms with Crippen LogP contribution in [0, 0.1) is 0 Å². The Morgan fingerprint density at radius 3 is 2.44 bits per heavy atom. The predicted molar refractivity (Wildman–Crippen MR) is 94.4 cm³/mol. The second-order valence-corrected chi connectivity index (χ2v) is 6.22. The highest BCUT2D eigenvalue weighted by molar-refractivity contribution is 6.31. The minimum absolute atomic E-state index is 0.0397. The molecule has 1 amide bonds. The molecule has 128 valence electrons. The lowest BCUT2D eigenvalue weighted by atomic mass is 10.1. The molecule has 1 aliphatic rings. The molecule has 2 aromatic rings. The Labute approximate surface area is 150 Å². The molecule has 0 aliphatic carbocycles. The minimum Gasteiger partial charge on any atom is -0.423 e.